The zero-order valence-electron chi connectivity index (χ0n) is 16.4. The standard InChI is InChI=1S/C21H18F3N3O4/c1-29-16-4-2-3-13(11-16)12-27-17(9-10-18(27)28)20-25-19(26-31-20)14-5-7-15(8-6-14)30-21(22,23)24/h2-8,11,17H,9-10,12H2,1H3. The molecule has 1 aliphatic rings. The van der Waals surface area contributed by atoms with Crippen LogP contribution in [0.15, 0.2) is 53.1 Å². The number of aromatic nitrogens is 2. The predicted octanol–water partition coefficient (Wildman–Crippen LogP) is 4.51. The van der Waals surface area contributed by atoms with E-state index >= 15 is 0 Å². The first-order valence-electron chi connectivity index (χ1n) is 9.44. The molecule has 31 heavy (non-hydrogen) atoms. The Hall–Kier alpha value is -3.56. The van der Waals surface area contributed by atoms with Gasteiger partial charge < -0.3 is 18.9 Å². The summed E-state index contributed by atoms with van der Waals surface area (Å²) in [5.41, 5.74) is 1.37. The number of hydrogen-bond donors (Lipinski definition) is 0. The molecule has 7 nitrogen and oxygen atoms in total. The Bertz CT molecular complexity index is 1070. The van der Waals surface area contributed by atoms with E-state index in [0.717, 1.165) is 5.56 Å². The molecule has 0 spiro atoms. The van der Waals surface area contributed by atoms with Crippen LogP contribution in [0.1, 0.15) is 30.3 Å². The third-order valence-corrected chi connectivity index (χ3v) is 4.89. The fraction of sp³-hybridized carbons (Fsp3) is 0.286. The molecule has 0 radical (unpaired) electrons. The van der Waals surface area contributed by atoms with Crippen molar-refractivity contribution in [2.45, 2.75) is 31.8 Å². The van der Waals surface area contributed by atoms with Gasteiger partial charge in [0, 0.05) is 18.5 Å². The minimum absolute atomic E-state index is 0.0266. The lowest BCUT2D eigenvalue weighted by Crippen LogP contribution is -2.27. The number of amides is 1. The van der Waals surface area contributed by atoms with Gasteiger partial charge in [-0.3, -0.25) is 4.79 Å². The average Bonchev–Trinajstić information content (AvgIpc) is 3.35. The van der Waals surface area contributed by atoms with Crippen LogP contribution in [0.5, 0.6) is 11.5 Å². The number of halogens is 3. The Morgan fingerprint density at radius 1 is 1.16 bits per heavy atom. The normalized spacial score (nSPS) is 16.6. The maximum atomic E-state index is 12.4. The molecule has 3 aromatic rings. The van der Waals surface area contributed by atoms with Gasteiger partial charge in [0.1, 0.15) is 17.5 Å². The Morgan fingerprint density at radius 2 is 1.94 bits per heavy atom. The summed E-state index contributed by atoms with van der Waals surface area (Å²) >= 11 is 0. The maximum absolute atomic E-state index is 12.4. The quantitative estimate of drug-likeness (QED) is 0.569. The fourth-order valence-corrected chi connectivity index (χ4v) is 3.45. The van der Waals surface area contributed by atoms with Gasteiger partial charge in [-0.2, -0.15) is 4.98 Å². The SMILES string of the molecule is COc1cccc(CN2C(=O)CCC2c2nc(-c3ccc(OC(F)(F)F)cc3)no2)c1. The van der Waals surface area contributed by atoms with E-state index in [4.69, 9.17) is 9.26 Å². The number of benzene rings is 2. The predicted molar refractivity (Wildman–Crippen MR) is 102 cm³/mol. The van der Waals surface area contributed by atoms with E-state index in [0.29, 0.717) is 30.7 Å². The number of hydrogen-bond acceptors (Lipinski definition) is 6. The van der Waals surface area contributed by atoms with Crippen LogP contribution in [0.2, 0.25) is 0 Å². The van der Waals surface area contributed by atoms with Crippen LogP contribution in [-0.4, -0.2) is 34.4 Å². The summed E-state index contributed by atoms with van der Waals surface area (Å²) < 4.78 is 51.4. The van der Waals surface area contributed by atoms with Crippen LogP contribution in [0.25, 0.3) is 11.4 Å². The van der Waals surface area contributed by atoms with Crippen molar-refractivity contribution in [1.29, 1.82) is 0 Å². The molecular weight excluding hydrogens is 415 g/mol. The van der Waals surface area contributed by atoms with Crippen molar-refractivity contribution in [3.63, 3.8) is 0 Å². The molecule has 10 heteroatoms. The lowest BCUT2D eigenvalue weighted by Gasteiger charge is -2.22. The molecule has 1 saturated heterocycles. The molecule has 1 amide bonds. The molecule has 1 fully saturated rings. The van der Waals surface area contributed by atoms with Crippen molar-refractivity contribution in [3.05, 3.63) is 60.0 Å². The highest BCUT2D eigenvalue weighted by atomic mass is 19.4. The summed E-state index contributed by atoms with van der Waals surface area (Å²) in [4.78, 5) is 18.5. The summed E-state index contributed by atoms with van der Waals surface area (Å²) in [5, 5.41) is 3.92. The lowest BCUT2D eigenvalue weighted by atomic mass is 10.1. The van der Waals surface area contributed by atoms with Crippen molar-refractivity contribution in [3.8, 4) is 22.9 Å². The highest BCUT2D eigenvalue weighted by molar-refractivity contribution is 5.78. The Kier molecular flexibility index (Phi) is 5.53. The van der Waals surface area contributed by atoms with Gasteiger partial charge in [0.15, 0.2) is 0 Å². The fourth-order valence-electron chi connectivity index (χ4n) is 3.45. The van der Waals surface area contributed by atoms with Crippen molar-refractivity contribution < 1.29 is 32.0 Å². The molecule has 0 aliphatic carbocycles. The minimum atomic E-state index is -4.76. The molecule has 162 valence electrons. The maximum Gasteiger partial charge on any atom is 0.573 e. The number of carbonyl (C=O) groups is 1. The van der Waals surface area contributed by atoms with E-state index < -0.39 is 6.36 Å². The van der Waals surface area contributed by atoms with Crippen LogP contribution in [0, 0.1) is 0 Å². The first kappa shape index (κ1) is 20.7. The molecule has 1 aromatic heterocycles. The van der Waals surface area contributed by atoms with Gasteiger partial charge >= 0.3 is 6.36 Å². The first-order valence-corrected chi connectivity index (χ1v) is 9.44. The summed E-state index contributed by atoms with van der Waals surface area (Å²) in [6, 6.07) is 12.2. The minimum Gasteiger partial charge on any atom is -0.497 e. The zero-order chi connectivity index (χ0) is 22.0. The molecule has 1 unspecified atom stereocenters. The molecule has 1 aliphatic heterocycles. The van der Waals surface area contributed by atoms with Gasteiger partial charge in [0.05, 0.1) is 7.11 Å². The van der Waals surface area contributed by atoms with Crippen LogP contribution < -0.4 is 9.47 Å². The highest BCUT2D eigenvalue weighted by Crippen LogP contribution is 2.35. The van der Waals surface area contributed by atoms with Gasteiger partial charge in [0.25, 0.3) is 0 Å². The Morgan fingerprint density at radius 3 is 2.65 bits per heavy atom. The number of carbonyl (C=O) groups excluding carboxylic acids is 1. The van der Waals surface area contributed by atoms with Crippen molar-refractivity contribution in [2.75, 3.05) is 7.11 Å². The highest BCUT2D eigenvalue weighted by Gasteiger charge is 2.36. The third-order valence-electron chi connectivity index (χ3n) is 4.89. The second-order valence-electron chi connectivity index (χ2n) is 6.96. The molecule has 1 atom stereocenters. The van der Waals surface area contributed by atoms with Gasteiger partial charge in [-0.1, -0.05) is 17.3 Å². The second kappa shape index (κ2) is 8.29. The van der Waals surface area contributed by atoms with Crippen molar-refractivity contribution >= 4 is 5.91 Å². The van der Waals surface area contributed by atoms with Crippen molar-refractivity contribution in [2.24, 2.45) is 0 Å². The van der Waals surface area contributed by atoms with Gasteiger partial charge in [-0.05, 0) is 48.4 Å². The van der Waals surface area contributed by atoms with Crippen LogP contribution in [0.3, 0.4) is 0 Å². The van der Waals surface area contributed by atoms with Crippen LogP contribution >= 0.6 is 0 Å². The van der Waals surface area contributed by atoms with Crippen LogP contribution in [-0.2, 0) is 11.3 Å². The molecule has 2 heterocycles. The van der Waals surface area contributed by atoms with Crippen molar-refractivity contribution in [1.82, 2.24) is 15.0 Å². The molecular formula is C21H18F3N3O4. The Labute approximate surface area is 175 Å². The zero-order valence-corrected chi connectivity index (χ0v) is 16.4. The summed E-state index contributed by atoms with van der Waals surface area (Å²) in [5.74, 6) is 0.819. The molecule has 2 aromatic carbocycles. The van der Waals surface area contributed by atoms with E-state index in [1.165, 1.54) is 24.3 Å². The van der Waals surface area contributed by atoms with E-state index in [-0.39, 0.29) is 29.4 Å². The lowest BCUT2D eigenvalue weighted by molar-refractivity contribution is -0.274. The van der Waals surface area contributed by atoms with Gasteiger partial charge in [0.2, 0.25) is 17.6 Å². The molecule has 0 saturated carbocycles. The topological polar surface area (TPSA) is 77.7 Å². The number of rotatable bonds is 6. The average molecular weight is 433 g/mol. The Balaban J connectivity index is 1.51. The number of likely N-dealkylation sites (tertiary alicyclic amines) is 1. The monoisotopic (exact) mass is 433 g/mol. The number of nitrogens with zero attached hydrogens (tertiary/aromatic N) is 3. The van der Waals surface area contributed by atoms with Crippen LogP contribution in [0.4, 0.5) is 13.2 Å². The van der Waals surface area contributed by atoms with Gasteiger partial charge in [-0.25, -0.2) is 0 Å². The number of ether oxygens (including phenoxy) is 2. The van der Waals surface area contributed by atoms with E-state index in [1.807, 2.05) is 24.3 Å². The molecule has 0 N–H and O–H groups in total. The first-order chi connectivity index (χ1) is 14.8. The van der Waals surface area contributed by atoms with Gasteiger partial charge in [-0.15, -0.1) is 13.2 Å². The van der Waals surface area contributed by atoms with E-state index in [2.05, 4.69) is 14.9 Å². The van der Waals surface area contributed by atoms with E-state index in [9.17, 15) is 18.0 Å². The molecule has 4 rings (SSSR count). The number of methoxy groups -OCH3 is 1. The number of alkyl halides is 3. The third kappa shape index (κ3) is 4.79. The summed E-state index contributed by atoms with van der Waals surface area (Å²) in [7, 11) is 1.57. The smallest absolute Gasteiger partial charge is 0.497 e. The largest absolute Gasteiger partial charge is 0.573 e. The van der Waals surface area contributed by atoms with E-state index in [1.54, 1.807) is 12.0 Å². The summed E-state index contributed by atoms with van der Waals surface area (Å²) in [6.07, 6.45) is -3.87. The summed E-state index contributed by atoms with van der Waals surface area (Å²) in [6.45, 7) is 0.363. The molecule has 0 bridgehead atoms. The second-order valence-corrected chi connectivity index (χ2v) is 6.96.